The van der Waals surface area contributed by atoms with Crippen molar-refractivity contribution in [3.8, 4) is 0 Å². The van der Waals surface area contributed by atoms with E-state index in [9.17, 15) is 0 Å². The van der Waals surface area contributed by atoms with Gasteiger partial charge in [-0.1, -0.05) is 54.6 Å². The van der Waals surface area contributed by atoms with Crippen LogP contribution in [0.3, 0.4) is 0 Å². The van der Waals surface area contributed by atoms with E-state index in [0.29, 0.717) is 6.54 Å². The maximum Gasteiger partial charge on any atom is 0.0957 e. The van der Waals surface area contributed by atoms with Gasteiger partial charge in [0.15, 0.2) is 0 Å². The molecular formula is C17H21NO. The van der Waals surface area contributed by atoms with Crippen LogP contribution in [0.5, 0.6) is 0 Å². The molecule has 0 aliphatic rings. The second-order valence-corrected chi connectivity index (χ2v) is 4.77. The summed E-state index contributed by atoms with van der Waals surface area (Å²) in [4.78, 5) is 0. The van der Waals surface area contributed by atoms with E-state index in [-0.39, 0.29) is 12.2 Å². The third-order valence-corrected chi connectivity index (χ3v) is 3.39. The molecular weight excluding hydrogens is 234 g/mol. The third kappa shape index (κ3) is 3.43. The highest BCUT2D eigenvalue weighted by atomic mass is 16.5. The van der Waals surface area contributed by atoms with Gasteiger partial charge in [-0.15, -0.1) is 0 Å². The van der Waals surface area contributed by atoms with Crippen LogP contribution in [0.2, 0.25) is 0 Å². The van der Waals surface area contributed by atoms with Crippen LogP contribution in [0, 0.1) is 6.92 Å². The van der Waals surface area contributed by atoms with Crippen molar-refractivity contribution in [2.24, 2.45) is 5.73 Å². The number of benzene rings is 2. The normalized spacial score (nSPS) is 14.1. The number of hydrogen-bond donors (Lipinski definition) is 1. The van der Waals surface area contributed by atoms with Crippen molar-refractivity contribution in [2.45, 2.75) is 26.1 Å². The Balaban J connectivity index is 2.14. The first-order valence-electron chi connectivity index (χ1n) is 6.68. The van der Waals surface area contributed by atoms with E-state index >= 15 is 0 Å². The molecule has 0 heterocycles. The summed E-state index contributed by atoms with van der Waals surface area (Å²) in [5.41, 5.74) is 9.44. The minimum absolute atomic E-state index is 0.0364. The lowest BCUT2D eigenvalue weighted by Crippen LogP contribution is -2.18. The first-order valence-corrected chi connectivity index (χ1v) is 6.68. The molecule has 100 valence electrons. The lowest BCUT2D eigenvalue weighted by atomic mass is 10.0. The van der Waals surface area contributed by atoms with Gasteiger partial charge in [0, 0.05) is 6.54 Å². The summed E-state index contributed by atoms with van der Waals surface area (Å²) in [7, 11) is 0. The summed E-state index contributed by atoms with van der Waals surface area (Å²) in [6.07, 6.45) is -0.0224. The van der Waals surface area contributed by atoms with Crippen molar-refractivity contribution in [1.82, 2.24) is 0 Å². The molecule has 2 aromatic rings. The van der Waals surface area contributed by atoms with Gasteiger partial charge in [0.05, 0.1) is 12.2 Å². The largest absolute Gasteiger partial charge is 0.365 e. The summed E-state index contributed by atoms with van der Waals surface area (Å²) < 4.78 is 6.13. The van der Waals surface area contributed by atoms with Crippen molar-refractivity contribution in [2.75, 3.05) is 6.54 Å². The van der Waals surface area contributed by atoms with Crippen LogP contribution in [0.15, 0.2) is 54.6 Å². The van der Waals surface area contributed by atoms with E-state index < -0.39 is 0 Å². The monoisotopic (exact) mass is 255 g/mol. The summed E-state index contributed by atoms with van der Waals surface area (Å²) in [6, 6.07) is 18.5. The van der Waals surface area contributed by atoms with Crippen LogP contribution in [0.25, 0.3) is 0 Å². The Morgan fingerprint density at radius 2 is 1.63 bits per heavy atom. The van der Waals surface area contributed by atoms with E-state index in [4.69, 9.17) is 10.5 Å². The molecule has 0 radical (unpaired) electrons. The van der Waals surface area contributed by atoms with Crippen LogP contribution in [0.1, 0.15) is 35.8 Å². The van der Waals surface area contributed by atoms with Crippen LogP contribution >= 0.6 is 0 Å². The van der Waals surface area contributed by atoms with E-state index in [2.05, 4.69) is 38.1 Å². The van der Waals surface area contributed by atoms with E-state index in [1.807, 2.05) is 30.3 Å². The van der Waals surface area contributed by atoms with Crippen LogP contribution < -0.4 is 5.73 Å². The average Bonchev–Trinajstić information content (AvgIpc) is 2.46. The Morgan fingerprint density at radius 1 is 1.00 bits per heavy atom. The zero-order chi connectivity index (χ0) is 13.7. The molecule has 0 fully saturated rings. The van der Waals surface area contributed by atoms with Gasteiger partial charge < -0.3 is 10.5 Å². The summed E-state index contributed by atoms with van der Waals surface area (Å²) in [6.45, 7) is 4.65. The van der Waals surface area contributed by atoms with Crippen LogP contribution in [-0.2, 0) is 4.74 Å². The molecule has 2 rings (SSSR count). The van der Waals surface area contributed by atoms with E-state index in [1.165, 1.54) is 16.7 Å². The Labute approximate surface area is 115 Å². The summed E-state index contributed by atoms with van der Waals surface area (Å²) >= 11 is 0. The van der Waals surface area contributed by atoms with Gasteiger partial charge in [-0.3, -0.25) is 0 Å². The molecule has 0 aliphatic heterocycles. The highest BCUT2D eigenvalue weighted by Crippen LogP contribution is 2.27. The number of hydrogen-bond acceptors (Lipinski definition) is 2. The zero-order valence-electron chi connectivity index (χ0n) is 11.5. The highest BCUT2D eigenvalue weighted by Gasteiger charge is 2.16. The number of rotatable bonds is 5. The molecule has 2 N–H and O–H groups in total. The summed E-state index contributed by atoms with van der Waals surface area (Å²) in [5, 5.41) is 0. The van der Waals surface area contributed by atoms with Crippen molar-refractivity contribution < 1.29 is 4.74 Å². The van der Waals surface area contributed by atoms with Gasteiger partial charge in [0.25, 0.3) is 0 Å². The molecule has 2 nitrogen and oxygen atoms in total. The predicted molar refractivity (Wildman–Crippen MR) is 78.9 cm³/mol. The van der Waals surface area contributed by atoms with Gasteiger partial charge in [-0.25, -0.2) is 0 Å². The molecule has 0 bridgehead atoms. The van der Waals surface area contributed by atoms with Crippen molar-refractivity contribution >= 4 is 0 Å². The average molecular weight is 255 g/mol. The van der Waals surface area contributed by atoms with Crippen molar-refractivity contribution in [3.63, 3.8) is 0 Å². The molecule has 2 unspecified atom stereocenters. The van der Waals surface area contributed by atoms with Gasteiger partial charge in [0.2, 0.25) is 0 Å². The Morgan fingerprint density at radius 3 is 2.26 bits per heavy atom. The zero-order valence-corrected chi connectivity index (χ0v) is 11.5. The Kier molecular flexibility index (Phi) is 4.72. The van der Waals surface area contributed by atoms with E-state index in [0.717, 1.165) is 0 Å². The molecule has 0 saturated heterocycles. The maximum atomic E-state index is 6.13. The minimum atomic E-state index is -0.0589. The molecule has 2 aromatic carbocycles. The second-order valence-electron chi connectivity index (χ2n) is 4.77. The highest BCUT2D eigenvalue weighted by molar-refractivity contribution is 5.28. The lowest BCUT2D eigenvalue weighted by Gasteiger charge is -2.23. The van der Waals surface area contributed by atoms with Crippen molar-refractivity contribution in [3.05, 3.63) is 71.3 Å². The van der Waals surface area contributed by atoms with Gasteiger partial charge in [-0.05, 0) is 30.5 Å². The topological polar surface area (TPSA) is 35.2 Å². The minimum Gasteiger partial charge on any atom is -0.365 e. The van der Waals surface area contributed by atoms with Gasteiger partial charge in [0.1, 0.15) is 0 Å². The van der Waals surface area contributed by atoms with Crippen LogP contribution in [0.4, 0.5) is 0 Å². The second kappa shape index (κ2) is 6.50. The molecule has 0 aliphatic carbocycles. The smallest absolute Gasteiger partial charge is 0.0957 e. The van der Waals surface area contributed by atoms with Gasteiger partial charge >= 0.3 is 0 Å². The predicted octanol–water partition coefficient (Wildman–Crippen LogP) is 3.77. The molecule has 0 saturated carbocycles. The Bertz CT molecular complexity index is 510. The fourth-order valence-corrected chi connectivity index (χ4v) is 2.25. The first kappa shape index (κ1) is 13.8. The standard InChI is InChI=1S/C17H21NO/c1-13-8-6-7-11-16(13)17(12-18)19-14(2)15-9-4-3-5-10-15/h3-11,14,17H,12,18H2,1-2H3. The molecule has 0 aromatic heterocycles. The SMILES string of the molecule is Cc1ccccc1C(CN)OC(C)c1ccccc1. The molecule has 0 spiro atoms. The van der Waals surface area contributed by atoms with Crippen molar-refractivity contribution in [1.29, 1.82) is 0 Å². The number of nitrogens with two attached hydrogens (primary N) is 1. The number of aryl methyl sites for hydroxylation is 1. The molecule has 19 heavy (non-hydrogen) atoms. The quantitative estimate of drug-likeness (QED) is 0.882. The van der Waals surface area contributed by atoms with Crippen LogP contribution in [-0.4, -0.2) is 6.54 Å². The Hall–Kier alpha value is -1.64. The summed E-state index contributed by atoms with van der Waals surface area (Å²) in [5.74, 6) is 0. The number of ether oxygens (including phenoxy) is 1. The first-order chi connectivity index (χ1) is 9.22. The molecule has 2 heteroatoms. The molecule has 2 atom stereocenters. The fourth-order valence-electron chi connectivity index (χ4n) is 2.25. The van der Waals surface area contributed by atoms with Gasteiger partial charge in [-0.2, -0.15) is 0 Å². The lowest BCUT2D eigenvalue weighted by molar-refractivity contribution is -0.0000849. The maximum absolute atomic E-state index is 6.13. The molecule has 0 amide bonds. The van der Waals surface area contributed by atoms with E-state index in [1.54, 1.807) is 0 Å². The fraction of sp³-hybridized carbons (Fsp3) is 0.294. The third-order valence-electron chi connectivity index (χ3n) is 3.39.